The van der Waals surface area contributed by atoms with Crippen LogP contribution in [0.25, 0.3) is 0 Å². The summed E-state index contributed by atoms with van der Waals surface area (Å²) in [5.41, 5.74) is 0. The Hall–Kier alpha value is -0.980. The molecule has 0 aromatic carbocycles. The van der Waals surface area contributed by atoms with Gasteiger partial charge in [-0.2, -0.15) is 0 Å². The van der Waals surface area contributed by atoms with Crippen LogP contribution < -0.4 is 5.32 Å². The van der Waals surface area contributed by atoms with Gasteiger partial charge in [0, 0.05) is 23.9 Å². The molecule has 0 fully saturated rings. The van der Waals surface area contributed by atoms with Crippen molar-refractivity contribution in [2.45, 2.75) is 12.5 Å². The number of hydrogen-bond acceptors (Lipinski definition) is 5. The van der Waals surface area contributed by atoms with Crippen molar-refractivity contribution in [2.75, 3.05) is 11.9 Å². The standard InChI is InChI=1S/C11H12BrN3OS/c12-8-6-13-11(14-7-8)15-9(3-4-16)10-2-1-5-17-10/h1-2,5-7,9,16H,3-4H2,(H,13,14,15). The highest BCUT2D eigenvalue weighted by molar-refractivity contribution is 9.10. The lowest BCUT2D eigenvalue weighted by atomic mass is 10.2. The number of aliphatic hydroxyl groups is 1. The summed E-state index contributed by atoms with van der Waals surface area (Å²) in [4.78, 5) is 9.50. The lowest BCUT2D eigenvalue weighted by Gasteiger charge is -2.15. The molecule has 1 unspecified atom stereocenters. The van der Waals surface area contributed by atoms with E-state index in [4.69, 9.17) is 5.11 Å². The van der Waals surface area contributed by atoms with Gasteiger partial charge in [0.2, 0.25) is 5.95 Å². The van der Waals surface area contributed by atoms with Gasteiger partial charge >= 0.3 is 0 Å². The normalized spacial score (nSPS) is 12.4. The summed E-state index contributed by atoms with van der Waals surface area (Å²) < 4.78 is 0.845. The number of nitrogens with zero attached hydrogens (tertiary/aromatic N) is 2. The summed E-state index contributed by atoms with van der Waals surface area (Å²) >= 11 is 4.95. The third kappa shape index (κ3) is 3.49. The molecular formula is C11H12BrN3OS. The molecule has 0 saturated heterocycles. The van der Waals surface area contributed by atoms with Gasteiger partial charge in [-0.25, -0.2) is 9.97 Å². The number of hydrogen-bond donors (Lipinski definition) is 2. The number of halogens is 1. The van der Waals surface area contributed by atoms with Crippen LogP contribution >= 0.6 is 27.3 Å². The second-order valence-corrected chi connectivity index (χ2v) is 5.34. The van der Waals surface area contributed by atoms with E-state index in [9.17, 15) is 0 Å². The number of rotatable bonds is 5. The number of nitrogens with one attached hydrogen (secondary N) is 1. The van der Waals surface area contributed by atoms with E-state index in [2.05, 4.69) is 31.2 Å². The molecule has 17 heavy (non-hydrogen) atoms. The lowest BCUT2D eigenvalue weighted by molar-refractivity contribution is 0.280. The molecule has 0 aliphatic carbocycles. The van der Waals surface area contributed by atoms with Gasteiger partial charge in [-0.1, -0.05) is 6.07 Å². The van der Waals surface area contributed by atoms with Crippen molar-refractivity contribution in [2.24, 2.45) is 0 Å². The van der Waals surface area contributed by atoms with E-state index in [1.165, 1.54) is 4.88 Å². The van der Waals surface area contributed by atoms with Crippen LogP contribution in [0.1, 0.15) is 17.3 Å². The van der Waals surface area contributed by atoms with Crippen molar-refractivity contribution in [1.29, 1.82) is 0 Å². The molecule has 1 atom stereocenters. The van der Waals surface area contributed by atoms with Crippen LogP contribution in [0.5, 0.6) is 0 Å². The number of anilines is 1. The largest absolute Gasteiger partial charge is 0.396 e. The van der Waals surface area contributed by atoms with Crippen LogP contribution in [0.2, 0.25) is 0 Å². The molecule has 0 aliphatic heterocycles. The predicted octanol–water partition coefficient (Wildman–Crippen LogP) is 2.84. The quantitative estimate of drug-likeness (QED) is 0.891. The summed E-state index contributed by atoms with van der Waals surface area (Å²) in [5, 5.41) is 14.3. The molecule has 2 aromatic rings. The third-order valence-corrected chi connectivity index (χ3v) is 3.62. The maximum atomic E-state index is 9.07. The van der Waals surface area contributed by atoms with Crippen LogP contribution in [-0.2, 0) is 0 Å². The van der Waals surface area contributed by atoms with Crippen molar-refractivity contribution >= 4 is 33.2 Å². The fourth-order valence-electron chi connectivity index (χ4n) is 1.45. The van der Waals surface area contributed by atoms with Gasteiger partial charge in [0.05, 0.1) is 10.5 Å². The minimum absolute atomic E-state index is 0.0566. The Bertz CT molecular complexity index is 446. The average molecular weight is 314 g/mol. The highest BCUT2D eigenvalue weighted by atomic mass is 79.9. The lowest BCUT2D eigenvalue weighted by Crippen LogP contribution is -2.13. The summed E-state index contributed by atoms with van der Waals surface area (Å²) in [7, 11) is 0. The third-order valence-electron chi connectivity index (χ3n) is 2.23. The molecule has 6 heteroatoms. The van der Waals surface area contributed by atoms with Crippen molar-refractivity contribution in [1.82, 2.24) is 9.97 Å². The van der Waals surface area contributed by atoms with Gasteiger partial charge in [0.15, 0.2) is 0 Å². The molecule has 0 radical (unpaired) electrons. The SMILES string of the molecule is OCCC(Nc1ncc(Br)cn1)c1cccs1. The van der Waals surface area contributed by atoms with E-state index < -0.39 is 0 Å². The first-order valence-electron chi connectivity index (χ1n) is 5.18. The van der Waals surface area contributed by atoms with E-state index in [0.29, 0.717) is 12.4 Å². The second-order valence-electron chi connectivity index (χ2n) is 3.45. The van der Waals surface area contributed by atoms with Crippen LogP contribution in [0.3, 0.4) is 0 Å². The Labute approximate surface area is 112 Å². The minimum atomic E-state index is 0.0566. The molecule has 0 saturated carbocycles. The first kappa shape index (κ1) is 12.5. The molecule has 4 nitrogen and oxygen atoms in total. The maximum absolute atomic E-state index is 9.07. The van der Waals surface area contributed by atoms with Gasteiger partial charge < -0.3 is 10.4 Å². The van der Waals surface area contributed by atoms with Crippen LogP contribution in [0, 0.1) is 0 Å². The highest BCUT2D eigenvalue weighted by Gasteiger charge is 2.12. The maximum Gasteiger partial charge on any atom is 0.223 e. The molecule has 0 amide bonds. The fraction of sp³-hybridized carbons (Fsp3) is 0.273. The zero-order valence-electron chi connectivity index (χ0n) is 9.01. The average Bonchev–Trinajstić information content (AvgIpc) is 2.85. The zero-order valence-corrected chi connectivity index (χ0v) is 11.4. The molecule has 90 valence electrons. The Morgan fingerprint density at radius 2 is 2.18 bits per heavy atom. The number of aromatic nitrogens is 2. The van der Waals surface area contributed by atoms with Gasteiger partial charge in [0.25, 0.3) is 0 Å². The van der Waals surface area contributed by atoms with Gasteiger partial charge in [0.1, 0.15) is 0 Å². The molecule has 2 aromatic heterocycles. The van der Waals surface area contributed by atoms with Crippen LogP contribution in [0.15, 0.2) is 34.4 Å². The Morgan fingerprint density at radius 1 is 1.41 bits per heavy atom. The van der Waals surface area contributed by atoms with E-state index in [1.54, 1.807) is 23.7 Å². The van der Waals surface area contributed by atoms with E-state index >= 15 is 0 Å². The van der Waals surface area contributed by atoms with Crippen molar-refractivity contribution < 1.29 is 5.11 Å². The highest BCUT2D eigenvalue weighted by Crippen LogP contribution is 2.24. The van der Waals surface area contributed by atoms with Crippen molar-refractivity contribution in [3.63, 3.8) is 0 Å². The Kier molecular flexibility index (Phi) is 4.47. The second kappa shape index (κ2) is 6.09. The van der Waals surface area contributed by atoms with E-state index in [1.807, 2.05) is 17.5 Å². The molecule has 2 heterocycles. The molecular weight excluding hydrogens is 302 g/mol. The van der Waals surface area contributed by atoms with Gasteiger partial charge in [-0.05, 0) is 33.8 Å². The smallest absolute Gasteiger partial charge is 0.223 e. The number of aliphatic hydroxyl groups excluding tert-OH is 1. The molecule has 0 spiro atoms. The van der Waals surface area contributed by atoms with Crippen LogP contribution in [-0.4, -0.2) is 21.7 Å². The summed E-state index contributed by atoms with van der Waals surface area (Å²) in [6.45, 7) is 0.131. The van der Waals surface area contributed by atoms with Gasteiger partial charge in [-0.15, -0.1) is 11.3 Å². The molecule has 2 rings (SSSR count). The molecule has 2 N–H and O–H groups in total. The summed E-state index contributed by atoms with van der Waals surface area (Å²) in [5.74, 6) is 0.569. The predicted molar refractivity (Wildman–Crippen MR) is 72.1 cm³/mol. The monoisotopic (exact) mass is 313 g/mol. The fourth-order valence-corrected chi connectivity index (χ4v) is 2.46. The molecule has 0 aliphatic rings. The molecule has 0 bridgehead atoms. The Balaban J connectivity index is 2.10. The van der Waals surface area contributed by atoms with Crippen molar-refractivity contribution in [3.8, 4) is 0 Å². The summed E-state index contributed by atoms with van der Waals surface area (Å²) in [6, 6.07) is 4.09. The zero-order chi connectivity index (χ0) is 12.1. The van der Waals surface area contributed by atoms with Crippen LogP contribution in [0.4, 0.5) is 5.95 Å². The summed E-state index contributed by atoms with van der Waals surface area (Å²) in [6.07, 6.45) is 4.03. The van der Waals surface area contributed by atoms with E-state index in [-0.39, 0.29) is 12.6 Å². The topological polar surface area (TPSA) is 58.0 Å². The van der Waals surface area contributed by atoms with Crippen molar-refractivity contribution in [3.05, 3.63) is 39.3 Å². The first-order valence-corrected chi connectivity index (χ1v) is 6.85. The van der Waals surface area contributed by atoms with E-state index in [0.717, 1.165) is 4.47 Å². The number of thiophene rings is 1. The minimum Gasteiger partial charge on any atom is -0.396 e. The first-order chi connectivity index (χ1) is 8.29. The Morgan fingerprint density at radius 3 is 2.76 bits per heavy atom. The van der Waals surface area contributed by atoms with Gasteiger partial charge in [-0.3, -0.25) is 0 Å².